The second-order valence-electron chi connectivity index (χ2n) is 34.4. The molecule has 0 aliphatic carbocycles. The van der Waals surface area contributed by atoms with Crippen molar-refractivity contribution in [3.05, 3.63) is 430 Å². The van der Waals surface area contributed by atoms with Crippen molar-refractivity contribution in [2.45, 2.75) is 326 Å². The van der Waals surface area contributed by atoms with Gasteiger partial charge in [0.2, 0.25) is 0 Å². The molecule has 0 bridgehead atoms. The summed E-state index contributed by atoms with van der Waals surface area (Å²) in [5.41, 5.74) is 35.3. The summed E-state index contributed by atoms with van der Waals surface area (Å²) in [6.45, 7) is 50.3. The summed E-state index contributed by atoms with van der Waals surface area (Å²) in [4.78, 5) is 0. The Kier molecular flexibility index (Phi) is 59.3. The van der Waals surface area contributed by atoms with E-state index >= 15 is 0 Å². The van der Waals surface area contributed by atoms with Crippen molar-refractivity contribution in [3.8, 4) is 16.9 Å². The van der Waals surface area contributed by atoms with Gasteiger partial charge in [0, 0.05) is 5.02 Å². The lowest BCUT2D eigenvalue weighted by Crippen LogP contribution is -1.89. The van der Waals surface area contributed by atoms with E-state index in [1.165, 1.54) is 225 Å². The van der Waals surface area contributed by atoms with E-state index in [2.05, 4.69) is 450 Å². The van der Waals surface area contributed by atoms with Gasteiger partial charge in [-0.15, -0.1) is 0 Å². The molecule has 0 aliphatic heterocycles. The Hall–Kier alpha value is -10.3. The molecule has 0 amide bonds. The zero-order chi connectivity index (χ0) is 96.6. The fourth-order valence-electron chi connectivity index (χ4n) is 15.5. The average Bonchev–Trinajstić information content (AvgIpc) is 0.806. The molecule has 1 nitrogen and oxygen atoms in total. The third-order valence-electron chi connectivity index (χ3n) is 24.2. The first kappa shape index (κ1) is 114. The molecule has 0 spiro atoms. The zero-order valence-electron chi connectivity index (χ0n) is 87.0. The van der Waals surface area contributed by atoms with Crippen LogP contribution in [0.3, 0.4) is 0 Å². The van der Waals surface area contributed by atoms with Crippen LogP contribution in [0.1, 0.15) is 305 Å². The van der Waals surface area contributed by atoms with E-state index < -0.39 is 0 Å². The maximum Gasteiger partial charge on any atom is 0.119 e. The summed E-state index contributed by atoms with van der Waals surface area (Å²) in [5.74, 6) is 0.978. The van der Waals surface area contributed by atoms with Crippen LogP contribution in [0.25, 0.3) is 32.7 Å². The van der Waals surface area contributed by atoms with Crippen molar-refractivity contribution < 1.29 is 4.74 Å². The Morgan fingerprint density at radius 3 is 0.758 bits per heavy atom. The fraction of sp³-hybridized carbons (Fsp3) is 0.385. The van der Waals surface area contributed by atoms with E-state index in [-0.39, 0.29) is 0 Å². The number of hydrogen-bond donors (Lipinski definition) is 0. The van der Waals surface area contributed by atoms with Gasteiger partial charge in [-0.05, 0) is 316 Å². The van der Waals surface area contributed by atoms with Gasteiger partial charge in [0.25, 0.3) is 0 Å². The highest BCUT2D eigenvalue weighted by Gasteiger charge is 2.06. The van der Waals surface area contributed by atoms with Crippen molar-refractivity contribution in [2.24, 2.45) is 0 Å². The molecule has 132 heavy (non-hydrogen) atoms. The molecule has 0 aromatic heterocycles. The lowest BCUT2D eigenvalue weighted by molar-refractivity contribution is 0.414. The highest BCUT2D eigenvalue weighted by molar-refractivity contribution is 6.31. The number of methoxy groups -OCH3 is 1. The Morgan fingerprint density at radius 2 is 0.439 bits per heavy atom. The van der Waals surface area contributed by atoms with Gasteiger partial charge in [-0.1, -0.05) is 479 Å². The molecule has 2 heteroatoms. The van der Waals surface area contributed by atoms with Gasteiger partial charge in [0.1, 0.15) is 5.75 Å². The fourth-order valence-corrected chi connectivity index (χ4v) is 15.8. The first-order valence-corrected chi connectivity index (χ1v) is 51.6. The van der Waals surface area contributed by atoms with E-state index in [0.717, 1.165) is 114 Å². The molecule has 706 valence electrons. The predicted octanol–water partition coefficient (Wildman–Crippen LogP) is 37.6. The maximum atomic E-state index is 5.95. The Bertz CT molecular complexity index is 5050. The number of aryl methyl sites for hydroxylation is 23. The van der Waals surface area contributed by atoms with E-state index in [4.69, 9.17) is 16.3 Å². The lowest BCUT2D eigenvalue weighted by atomic mass is 9.98. The molecule has 14 rings (SSSR count). The minimum absolute atomic E-state index is 0.893. The van der Waals surface area contributed by atoms with Crippen LogP contribution in [-0.2, 0) is 135 Å². The topological polar surface area (TPSA) is 9.23 Å². The van der Waals surface area contributed by atoms with E-state index in [9.17, 15) is 0 Å². The molecule has 0 saturated heterocycles. The number of ether oxygens (including phenoxy) is 1. The normalized spacial score (nSPS) is 10.2. The summed E-state index contributed by atoms with van der Waals surface area (Å²) in [6, 6.07) is 108. The molecule has 0 fully saturated rings. The van der Waals surface area contributed by atoms with Gasteiger partial charge < -0.3 is 4.74 Å². The second kappa shape index (κ2) is 68.7. The van der Waals surface area contributed by atoms with Gasteiger partial charge in [-0.3, -0.25) is 0 Å². The molecule has 0 radical (unpaired) electrons. The van der Waals surface area contributed by atoms with E-state index in [1.807, 2.05) is 6.07 Å². The third-order valence-corrected chi connectivity index (χ3v) is 24.5. The molecule has 0 atom stereocenters. The lowest BCUT2D eigenvalue weighted by Gasteiger charge is -2.07. The summed E-state index contributed by atoms with van der Waals surface area (Å²) in [5, 5.41) is 6.47. The number of fused-ring (bicyclic) bond motifs is 2. The van der Waals surface area contributed by atoms with Gasteiger partial charge in [0.15, 0.2) is 0 Å². The number of rotatable bonds is 28. The largest absolute Gasteiger partial charge is 0.497 e. The zero-order valence-corrected chi connectivity index (χ0v) is 87.7. The Balaban J connectivity index is 0.000000305. The van der Waals surface area contributed by atoms with Crippen LogP contribution in [0.15, 0.2) is 297 Å². The van der Waals surface area contributed by atoms with E-state index in [0.29, 0.717) is 0 Å². The molecule has 0 heterocycles. The molecule has 0 saturated carbocycles. The second-order valence-corrected chi connectivity index (χ2v) is 34.9. The van der Waals surface area contributed by atoms with Crippen LogP contribution in [0.2, 0.25) is 5.02 Å². The van der Waals surface area contributed by atoms with Crippen LogP contribution in [0, 0.1) is 13.8 Å². The maximum absolute atomic E-state index is 5.95. The van der Waals surface area contributed by atoms with Crippen LogP contribution < -0.4 is 4.74 Å². The van der Waals surface area contributed by atoms with Crippen LogP contribution in [0.5, 0.6) is 5.75 Å². The third kappa shape index (κ3) is 44.0. The van der Waals surface area contributed by atoms with Crippen molar-refractivity contribution in [3.63, 3.8) is 0 Å². The summed E-state index contributed by atoms with van der Waals surface area (Å²) >= 11 is 5.95. The van der Waals surface area contributed by atoms with Crippen molar-refractivity contribution in [2.75, 3.05) is 7.11 Å². The van der Waals surface area contributed by atoms with E-state index in [1.54, 1.807) is 7.11 Å². The number of halogens is 1. The SMILES string of the molecule is CCCc1ccc(C)cc1.CCCc1ccc(CCC)cc1.CCCc1cccc(CCC)c1.CCc1cc(C)cc(CC)c1.CCc1cc(CC)cc(OC)c1.CCc1ccc(-c2ccc(CC)cc2)cc1.CCc1ccc(CC)cc1.CCc1ccc(Cl)c(CC)c1.CCc1ccc2cc(CC)ccc2c1.CCc1cccc(CC)c1.CCc1cccc2c(CC)cccc12. The Morgan fingerprint density at radius 1 is 0.189 bits per heavy atom. The smallest absolute Gasteiger partial charge is 0.119 e. The number of hydrogen-bond acceptors (Lipinski definition) is 1. The first-order chi connectivity index (χ1) is 64.1. The molecule has 14 aromatic rings. The monoisotopic (exact) mass is 1790 g/mol. The van der Waals surface area contributed by atoms with Crippen LogP contribution in [-0.4, -0.2) is 7.11 Å². The molecule has 0 N–H and O–H groups in total. The first-order valence-electron chi connectivity index (χ1n) is 51.2. The number of benzene rings is 14. The molecular formula is C130H173ClO. The minimum Gasteiger partial charge on any atom is -0.497 e. The molecule has 14 aromatic carbocycles. The average molecular weight is 1790 g/mol. The quantitative estimate of drug-likeness (QED) is 0.0475. The minimum atomic E-state index is 0.893. The molecule has 0 aliphatic rings. The predicted molar refractivity (Wildman–Crippen MR) is 592 cm³/mol. The van der Waals surface area contributed by atoms with Crippen molar-refractivity contribution in [1.29, 1.82) is 0 Å². The summed E-state index contributed by atoms with van der Waals surface area (Å²) in [7, 11) is 1.72. The van der Waals surface area contributed by atoms with Gasteiger partial charge in [0.05, 0.1) is 7.11 Å². The van der Waals surface area contributed by atoms with Gasteiger partial charge >= 0.3 is 0 Å². The Labute approximate surface area is 812 Å². The van der Waals surface area contributed by atoms with Crippen LogP contribution >= 0.6 is 11.6 Å². The highest BCUT2D eigenvalue weighted by atomic mass is 35.5. The standard InChI is InChI=1S/C16H18.2C14H16.2C12H18.C11H16O.C11H16.C10H13Cl.3C10H14/c1-3-13-5-9-15(10-6-13)16-11-7-14(4-2)8-12-16;1-3-11-5-7-14-10-12(4-2)6-8-13(14)9-11;1-3-11-7-5-10-14-12(4-2)8-6-9-13(11)14;1-3-6-11-8-5-9-12(10-11)7-4-2;1-3-5-11-7-9-12(6-4-2)10-8-11;1-4-9-6-10(5-2)8-11(7-9)12-3;1-4-10-6-9(3)7-11(5-2)8-10;1-3-8-5-6-10(11)9(4-2)7-8;1-3-4-10-7-5-9(2)6-8-10;1-3-9-5-7-10(4-2)8-6-9;1-3-9-6-5-7-10(4-2)8-9/h5-12H,3-4H2,1-2H3;2*5-10H,3-4H2,1-2H3;5,8-10H,3-4,6-7H2,1-2H3;7-10H,3-6H2,1-2H3;6-8H,4-5H2,1-3H3;6-8H,4-5H2,1-3H3;5-7H,3-4H2,1-2H3;3*5-8H,3-4H2,1-2H3. The summed E-state index contributed by atoms with van der Waals surface area (Å²) < 4.78 is 5.20. The van der Waals surface area contributed by atoms with Gasteiger partial charge in [-0.2, -0.15) is 0 Å². The summed E-state index contributed by atoms with van der Waals surface area (Å²) in [6.07, 6.45) is 30.1. The van der Waals surface area contributed by atoms with Gasteiger partial charge in [-0.25, -0.2) is 0 Å². The van der Waals surface area contributed by atoms with Crippen molar-refractivity contribution >= 4 is 33.1 Å². The molecule has 0 unspecified atom stereocenters. The van der Waals surface area contributed by atoms with Crippen molar-refractivity contribution in [1.82, 2.24) is 0 Å². The molecular weight excluding hydrogens is 1610 g/mol. The van der Waals surface area contributed by atoms with Crippen LogP contribution in [0.4, 0.5) is 0 Å². The highest BCUT2D eigenvalue weighted by Crippen LogP contribution is 2.27.